The van der Waals surface area contributed by atoms with Gasteiger partial charge in [-0.05, 0) is 49.1 Å². The fraction of sp³-hybridized carbons (Fsp3) is 0.458. The number of anilines is 2. The minimum atomic E-state index is -3.52. The van der Waals surface area contributed by atoms with E-state index in [-0.39, 0.29) is 18.2 Å². The second kappa shape index (κ2) is 9.03. The van der Waals surface area contributed by atoms with E-state index < -0.39 is 23.9 Å². The lowest BCUT2D eigenvalue weighted by Crippen LogP contribution is -2.49. The lowest BCUT2D eigenvalue weighted by Gasteiger charge is -2.30. The Bertz CT molecular complexity index is 1030. The molecular formula is C24H27F3N4O2. The molecule has 2 aliphatic carbocycles. The average molecular weight is 461 g/mol. The van der Waals surface area contributed by atoms with Gasteiger partial charge in [0, 0.05) is 48.6 Å². The predicted molar refractivity (Wildman–Crippen MR) is 120 cm³/mol. The molecule has 1 saturated heterocycles. The largest absolute Gasteiger partial charge is 0.358 e. The molecule has 1 saturated carbocycles. The van der Waals surface area contributed by atoms with Crippen LogP contribution >= 0.6 is 0 Å². The normalized spacial score (nSPS) is 23.2. The minimum absolute atomic E-state index is 0.0517. The zero-order valence-electron chi connectivity index (χ0n) is 18.3. The van der Waals surface area contributed by atoms with E-state index in [1.165, 1.54) is 12.3 Å². The van der Waals surface area contributed by atoms with Gasteiger partial charge in [0.25, 0.3) is 5.91 Å². The van der Waals surface area contributed by atoms with Crippen molar-refractivity contribution in [2.45, 2.75) is 63.5 Å². The van der Waals surface area contributed by atoms with Crippen molar-refractivity contribution in [2.24, 2.45) is 5.92 Å². The van der Waals surface area contributed by atoms with Crippen LogP contribution in [0.2, 0.25) is 0 Å². The molecule has 3 N–H and O–H groups in total. The molecule has 3 aliphatic rings. The number of alkyl halides is 2. The van der Waals surface area contributed by atoms with Crippen LogP contribution in [0.3, 0.4) is 0 Å². The molecule has 1 aromatic rings. The molecule has 0 radical (unpaired) electrons. The third kappa shape index (κ3) is 5.29. The number of carbonyl (C=O) groups excluding carboxylic acids is 2. The number of benzene rings is 1. The molecule has 2 fully saturated rings. The van der Waals surface area contributed by atoms with Crippen molar-refractivity contribution < 1.29 is 22.8 Å². The van der Waals surface area contributed by atoms with Crippen LogP contribution in [0.15, 0.2) is 41.9 Å². The lowest BCUT2D eigenvalue weighted by atomic mass is 10.0. The van der Waals surface area contributed by atoms with Crippen molar-refractivity contribution in [3.63, 3.8) is 0 Å². The van der Waals surface area contributed by atoms with Gasteiger partial charge >= 0.3 is 5.92 Å². The van der Waals surface area contributed by atoms with E-state index in [0.29, 0.717) is 49.0 Å². The zero-order chi connectivity index (χ0) is 23.8. The Morgan fingerprint density at radius 3 is 2.64 bits per heavy atom. The number of allylic oxidation sites excluding steroid dienone is 4. The van der Waals surface area contributed by atoms with Gasteiger partial charge in [-0.25, -0.2) is 4.39 Å². The first-order valence-corrected chi connectivity index (χ1v) is 11.1. The number of amides is 2. The number of nitrogens with zero attached hydrogens (tertiary/aromatic N) is 1. The summed E-state index contributed by atoms with van der Waals surface area (Å²) in [6, 6.07) is 4.06. The van der Waals surface area contributed by atoms with Crippen molar-refractivity contribution in [1.82, 2.24) is 5.32 Å². The van der Waals surface area contributed by atoms with Crippen LogP contribution in [0, 0.1) is 11.3 Å². The maximum Gasteiger partial charge on any atom is 0.321 e. The fourth-order valence-electron chi connectivity index (χ4n) is 4.35. The first kappa shape index (κ1) is 23.1. The van der Waals surface area contributed by atoms with E-state index in [1.807, 2.05) is 0 Å². The number of carbonyl (C=O) groups is 2. The highest BCUT2D eigenvalue weighted by molar-refractivity contribution is 6.00. The van der Waals surface area contributed by atoms with Gasteiger partial charge in [0.2, 0.25) is 5.91 Å². The van der Waals surface area contributed by atoms with Gasteiger partial charge in [0.05, 0.1) is 12.1 Å². The summed E-state index contributed by atoms with van der Waals surface area (Å²) in [6.07, 6.45) is 7.66. The van der Waals surface area contributed by atoms with E-state index in [0.717, 1.165) is 18.5 Å². The number of nitrogens with one attached hydrogen (secondary N) is 3. The molecule has 9 heteroatoms. The summed E-state index contributed by atoms with van der Waals surface area (Å²) < 4.78 is 40.2. The van der Waals surface area contributed by atoms with Gasteiger partial charge in [-0.2, -0.15) is 8.78 Å². The Labute approximate surface area is 190 Å². The molecule has 176 valence electrons. The molecule has 0 spiro atoms. The molecule has 2 amide bonds. The van der Waals surface area contributed by atoms with E-state index in [9.17, 15) is 22.8 Å². The monoisotopic (exact) mass is 460 g/mol. The Hall–Kier alpha value is -3.10. The zero-order valence-corrected chi connectivity index (χ0v) is 18.3. The van der Waals surface area contributed by atoms with Crippen molar-refractivity contribution in [2.75, 3.05) is 10.2 Å². The van der Waals surface area contributed by atoms with E-state index in [1.54, 1.807) is 29.2 Å². The first-order valence-electron chi connectivity index (χ1n) is 11.1. The van der Waals surface area contributed by atoms with Gasteiger partial charge < -0.3 is 20.9 Å². The number of halogens is 3. The Balaban J connectivity index is 1.58. The first-order chi connectivity index (χ1) is 15.7. The maximum absolute atomic E-state index is 13.5. The molecular weight excluding hydrogens is 433 g/mol. The number of hydrogen-bond acceptors (Lipinski definition) is 4. The predicted octanol–water partition coefficient (Wildman–Crippen LogP) is 4.67. The molecule has 1 heterocycles. The topological polar surface area (TPSA) is 85.3 Å². The summed E-state index contributed by atoms with van der Waals surface area (Å²) in [4.78, 5) is 26.4. The van der Waals surface area contributed by atoms with Crippen LogP contribution < -0.4 is 15.5 Å². The third-order valence-corrected chi connectivity index (χ3v) is 6.31. The van der Waals surface area contributed by atoms with E-state index in [2.05, 4.69) is 10.6 Å². The summed E-state index contributed by atoms with van der Waals surface area (Å²) >= 11 is 0. The smallest absolute Gasteiger partial charge is 0.321 e. The van der Waals surface area contributed by atoms with Crippen LogP contribution in [0.4, 0.5) is 24.5 Å². The summed E-state index contributed by atoms with van der Waals surface area (Å²) in [6.45, 7) is 0.542. The second-order valence-electron chi connectivity index (χ2n) is 9.03. The fourth-order valence-corrected chi connectivity index (χ4v) is 4.35. The SMILES string of the molecule is CC(F)(F)C(=O)NC1CC(=O)N(c2ccc(NC3=CC=C(F)CC3)c(C=N)c2)C1CC1CC1. The van der Waals surface area contributed by atoms with E-state index in [4.69, 9.17) is 5.41 Å². The molecule has 2 unspecified atom stereocenters. The summed E-state index contributed by atoms with van der Waals surface area (Å²) in [5, 5.41) is 13.4. The van der Waals surface area contributed by atoms with Crippen molar-refractivity contribution in [3.05, 3.63) is 47.4 Å². The molecule has 1 aliphatic heterocycles. The van der Waals surface area contributed by atoms with Gasteiger partial charge in [-0.15, -0.1) is 0 Å². The highest BCUT2D eigenvalue weighted by Crippen LogP contribution is 2.40. The molecule has 33 heavy (non-hydrogen) atoms. The van der Waals surface area contributed by atoms with Crippen LogP contribution in [0.25, 0.3) is 0 Å². The lowest BCUT2D eigenvalue weighted by molar-refractivity contribution is -0.143. The molecule has 0 bridgehead atoms. The Kier molecular flexibility index (Phi) is 6.32. The minimum Gasteiger partial charge on any atom is -0.358 e. The van der Waals surface area contributed by atoms with Gasteiger partial charge in [-0.3, -0.25) is 9.59 Å². The highest BCUT2D eigenvalue weighted by atomic mass is 19.3. The number of rotatable bonds is 8. The maximum atomic E-state index is 13.5. The van der Waals surface area contributed by atoms with Crippen LogP contribution in [-0.4, -0.2) is 36.0 Å². The molecule has 2 atom stereocenters. The van der Waals surface area contributed by atoms with Crippen LogP contribution in [0.5, 0.6) is 0 Å². The van der Waals surface area contributed by atoms with Crippen molar-refractivity contribution in [3.8, 4) is 0 Å². The Morgan fingerprint density at radius 1 is 1.27 bits per heavy atom. The van der Waals surface area contributed by atoms with Crippen LogP contribution in [-0.2, 0) is 9.59 Å². The van der Waals surface area contributed by atoms with Crippen molar-refractivity contribution in [1.29, 1.82) is 5.41 Å². The average Bonchev–Trinajstić information content (AvgIpc) is 3.53. The van der Waals surface area contributed by atoms with E-state index >= 15 is 0 Å². The summed E-state index contributed by atoms with van der Waals surface area (Å²) in [5.74, 6) is -4.93. The van der Waals surface area contributed by atoms with Gasteiger partial charge in [-0.1, -0.05) is 12.8 Å². The van der Waals surface area contributed by atoms with Gasteiger partial charge in [0.15, 0.2) is 0 Å². The molecule has 4 rings (SSSR count). The standard InChI is InChI=1S/C24H27F3N4O2/c1-24(26,27)23(33)30-20-12-22(32)31(21(20)10-14-2-3-14)18-8-9-19(15(11-18)13-28)29-17-6-4-16(25)5-7-17/h4,6,8-9,11,13-14,20-21,28-29H,2-3,5,7,10,12H2,1H3,(H,30,33). The second-order valence-corrected chi connectivity index (χ2v) is 9.03. The summed E-state index contributed by atoms with van der Waals surface area (Å²) in [7, 11) is 0. The van der Waals surface area contributed by atoms with Gasteiger partial charge in [0.1, 0.15) is 5.83 Å². The highest BCUT2D eigenvalue weighted by Gasteiger charge is 2.46. The van der Waals surface area contributed by atoms with Crippen molar-refractivity contribution >= 4 is 29.4 Å². The molecule has 1 aromatic carbocycles. The number of hydrogen-bond donors (Lipinski definition) is 3. The van der Waals surface area contributed by atoms with Crippen LogP contribution in [0.1, 0.15) is 51.0 Å². The quantitative estimate of drug-likeness (QED) is 0.493. The molecule has 0 aromatic heterocycles. The molecule has 6 nitrogen and oxygen atoms in total. The third-order valence-electron chi connectivity index (χ3n) is 6.31. The Morgan fingerprint density at radius 2 is 2.03 bits per heavy atom. The summed E-state index contributed by atoms with van der Waals surface area (Å²) in [5.41, 5.74) is 2.56.